The van der Waals surface area contributed by atoms with E-state index in [4.69, 9.17) is 9.72 Å². The number of para-hydroxylation sites is 2. The highest BCUT2D eigenvalue weighted by Crippen LogP contribution is 2.29. The normalized spacial score (nSPS) is 18.2. The van der Waals surface area contributed by atoms with Gasteiger partial charge in [-0.15, -0.1) is 0 Å². The van der Waals surface area contributed by atoms with Gasteiger partial charge < -0.3 is 20.3 Å². The van der Waals surface area contributed by atoms with Crippen LogP contribution >= 0.6 is 0 Å². The number of benzene rings is 2. The molecule has 1 aliphatic carbocycles. The van der Waals surface area contributed by atoms with Crippen molar-refractivity contribution in [2.24, 2.45) is 0 Å². The van der Waals surface area contributed by atoms with Crippen LogP contribution < -0.4 is 20.3 Å². The van der Waals surface area contributed by atoms with Crippen LogP contribution in [0.5, 0.6) is 5.75 Å². The van der Waals surface area contributed by atoms with E-state index in [0.29, 0.717) is 24.0 Å². The maximum atomic E-state index is 12.8. The highest BCUT2D eigenvalue weighted by molar-refractivity contribution is 5.97. The molecule has 2 N–H and O–H groups in total. The third-order valence-electron chi connectivity index (χ3n) is 6.02. The van der Waals surface area contributed by atoms with Crippen LogP contribution in [0.1, 0.15) is 43.0 Å². The van der Waals surface area contributed by atoms with Crippen molar-refractivity contribution in [1.82, 2.24) is 10.3 Å². The number of anilines is 2. The van der Waals surface area contributed by atoms with Gasteiger partial charge in [0.1, 0.15) is 11.6 Å². The molecule has 168 valence electrons. The minimum absolute atomic E-state index is 0.0581. The zero-order valence-corrected chi connectivity index (χ0v) is 19.1. The molecule has 1 fully saturated rings. The predicted molar refractivity (Wildman–Crippen MR) is 131 cm³/mol. The molecular weight excluding hydrogens is 400 g/mol. The summed E-state index contributed by atoms with van der Waals surface area (Å²) in [6.45, 7) is 2.47. The second kappa shape index (κ2) is 9.90. The van der Waals surface area contributed by atoms with Crippen LogP contribution in [0.4, 0.5) is 11.5 Å². The Hall–Kier alpha value is -3.28. The molecule has 0 atom stereocenters. The molecule has 6 heteroatoms. The van der Waals surface area contributed by atoms with Crippen LogP contribution in [-0.2, 0) is 0 Å². The summed E-state index contributed by atoms with van der Waals surface area (Å²) in [7, 11) is 4.12. The van der Waals surface area contributed by atoms with E-state index in [1.807, 2.05) is 43.3 Å². The molecule has 0 aliphatic heterocycles. The van der Waals surface area contributed by atoms with Gasteiger partial charge in [0, 0.05) is 43.3 Å². The summed E-state index contributed by atoms with van der Waals surface area (Å²) in [5.74, 6) is 1.49. The maximum absolute atomic E-state index is 12.8. The Labute approximate surface area is 190 Å². The summed E-state index contributed by atoms with van der Waals surface area (Å²) in [5.41, 5.74) is 2.76. The standard InChI is InChI=1S/C26H32N4O2/c1-4-32-24-12-8-6-10-21(24)26(31)28-19-15-13-18(14-16-19)27-25-17-23(30(2)3)20-9-5-7-11-22(20)29-25/h5-12,17-19H,4,13-16H2,1-3H3,(H,27,29)(H,28,31). The van der Waals surface area contributed by atoms with Crippen molar-refractivity contribution in [3.63, 3.8) is 0 Å². The Morgan fingerprint density at radius 3 is 2.47 bits per heavy atom. The van der Waals surface area contributed by atoms with Gasteiger partial charge in [0.2, 0.25) is 0 Å². The van der Waals surface area contributed by atoms with Gasteiger partial charge >= 0.3 is 0 Å². The summed E-state index contributed by atoms with van der Waals surface area (Å²) in [6, 6.07) is 18.3. The smallest absolute Gasteiger partial charge is 0.255 e. The van der Waals surface area contributed by atoms with Crippen molar-refractivity contribution in [2.45, 2.75) is 44.7 Å². The fourth-order valence-electron chi connectivity index (χ4n) is 4.39. The topological polar surface area (TPSA) is 66.5 Å². The average Bonchev–Trinajstić information content (AvgIpc) is 2.80. The third-order valence-corrected chi connectivity index (χ3v) is 6.02. The van der Waals surface area contributed by atoms with Gasteiger partial charge in [-0.2, -0.15) is 0 Å². The lowest BCUT2D eigenvalue weighted by Crippen LogP contribution is -2.40. The van der Waals surface area contributed by atoms with Gasteiger partial charge in [-0.3, -0.25) is 4.79 Å². The van der Waals surface area contributed by atoms with E-state index in [9.17, 15) is 4.79 Å². The molecule has 3 aromatic rings. The fraction of sp³-hybridized carbons (Fsp3) is 0.385. The minimum Gasteiger partial charge on any atom is -0.493 e. The number of hydrogen-bond donors (Lipinski definition) is 2. The van der Waals surface area contributed by atoms with Crippen molar-refractivity contribution in [3.8, 4) is 5.75 Å². The van der Waals surface area contributed by atoms with Gasteiger partial charge in [-0.05, 0) is 50.8 Å². The molecule has 1 saturated carbocycles. The van der Waals surface area contributed by atoms with Crippen molar-refractivity contribution in [1.29, 1.82) is 0 Å². The van der Waals surface area contributed by atoms with E-state index in [0.717, 1.165) is 48.1 Å². The minimum atomic E-state index is -0.0581. The Bertz CT molecular complexity index is 1070. The van der Waals surface area contributed by atoms with E-state index in [2.05, 4.69) is 47.8 Å². The molecule has 2 aromatic carbocycles. The first kappa shape index (κ1) is 21.9. The zero-order chi connectivity index (χ0) is 22.5. The number of nitrogens with zero attached hydrogens (tertiary/aromatic N) is 2. The van der Waals surface area contributed by atoms with Gasteiger partial charge in [0.15, 0.2) is 0 Å². The Balaban J connectivity index is 1.37. The Morgan fingerprint density at radius 1 is 1.03 bits per heavy atom. The number of fused-ring (bicyclic) bond motifs is 1. The molecule has 0 radical (unpaired) electrons. The lowest BCUT2D eigenvalue weighted by atomic mass is 9.91. The molecule has 1 aliphatic rings. The zero-order valence-electron chi connectivity index (χ0n) is 19.1. The first-order chi connectivity index (χ1) is 15.5. The third kappa shape index (κ3) is 4.96. The van der Waals surface area contributed by atoms with Gasteiger partial charge in [0.05, 0.1) is 17.7 Å². The lowest BCUT2D eigenvalue weighted by molar-refractivity contribution is 0.0922. The summed E-state index contributed by atoms with van der Waals surface area (Å²) in [6.07, 6.45) is 3.86. The highest BCUT2D eigenvalue weighted by atomic mass is 16.5. The quantitative estimate of drug-likeness (QED) is 0.559. The second-order valence-corrected chi connectivity index (χ2v) is 8.53. The number of amides is 1. The lowest BCUT2D eigenvalue weighted by Gasteiger charge is -2.30. The van der Waals surface area contributed by atoms with Gasteiger partial charge in [-0.25, -0.2) is 4.98 Å². The van der Waals surface area contributed by atoms with E-state index < -0.39 is 0 Å². The summed E-state index contributed by atoms with van der Waals surface area (Å²) < 4.78 is 5.61. The van der Waals surface area contributed by atoms with Crippen molar-refractivity contribution in [2.75, 3.05) is 30.9 Å². The number of ether oxygens (including phenoxy) is 1. The fourth-order valence-corrected chi connectivity index (χ4v) is 4.39. The summed E-state index contributed by atoms with van der Waals surface area (Å²) in [4.78, 5) is 19.7. The molecular formula is C26H32N4O2. The van der Waals surface area contributed by atoms with Crippen molar-refractivity contribution < 1.29 is 9.53 Å². The molecule has 1 heterocycles. The van der Waals surface area contributed by atoms with Crippen LogP contribution in [0.15, 0.2) is 54.6 Å². The monoisotopic (exact) mass is 432 g/mol. The van der Waals surface area contributed by atoms with Crippen LogP contribution in [0.3, 0.4) is 0 Å². The average molecular weight is 433 g/mol. The molecule has 1 aromatic heterocycles. The SMILES string of the molecule is CCOc1ccccc1C(=O)NC1CCC(Nc2cc(N(C)C)c3ccccc3n2)CC1. The molecule has 32 heavy (non-hydrogen) atoms. The second-order valence-electron chi connectivity index (χ2n) is 8.53. The number of carbonyl (C=O) groups excluding carboxylic acids is 1. The molecule has 0 saturated heterocycles. The van der Waals surface area contributed by atoms with Crippen LogP contribution in [-0.4, -0.2) is 43.7 Å². The van der Waals surface area contributed by atoms with E-state index in [-0.39, 0.29) is 11.9 Å². The van der Waals surface area contributed by atoms with E-state index in [1.165, 1.54) is 0 Å². The molecule has 6 nitrogen and oxygen atoms in total. The first-order valence-electron chi connectivity index (χ1n) is 11.4. The van der Waals surface area contributed by atoms with Crippen molar-refractivity contribution in [3.05, 3.63) is 60.2 Å². The highest BCUT2D eigenvalue weighted by Gasteiger charge is 2.24. The number of carbonyl (C=O) groups is 1. The number of hydrogen-bond acceptors (Lipinski definition) is 5. The van der Waals surface area contributed by atoms with Crippen molar-refractivity contribution >= 4 is 28.3 Å². The molecule has 0 bridgehead atoms. The Morgan fingerprint density at radius 2 is 1.72 bits per heavy atom. The molecule has 4 rings (SSSR count). The number of pyridine rings is 1. The largest absolute Gasteiger partial charge is 0.493 e. The number of rotatable bonds is 7. The van der Waals surface area contributed by atoms with E-state index in [1.54, 1.807) is 0 Å². The number of aromatic nitrogens is 1. The van der Waals surface area contributed by atoms with Crippen LogP contribution in [0.25, 0.3) is 10.9 Å². The maximum Gasteiger partial charge on any atom is 0.255 e. The molecule has 1 amide bonds. The molecule has 0 unspecified atom stereocenters. The van der Waals surface area contributed by atoms with Crippen LogP contribution in [0, 0.1) is 0 Å². The summed E-state index contributed by atoms with van der Waals surface area (Å²) >= 11 is 0. The number of nitrogens with one attached hydrogen (secondary N) is 2. The van der Waals surface area contributed by atoms with Crippen LogP contribution in [0.2, 0.25) is 0 Å². The van der Waals surface area contributed by atoms with E-state index >= 15 is 0 Å². The first-order valence-corrected chi connectivity index (χ1v) is 11.4. The van der Waals surface area contributed by atoms with Gasteiger partial charge in [-0.1, -0.05) is 30.3 Å². The molecule has 0 spiro atoms. The van der Waals surface area contributed by atoms with Gasteiger partial charge in [0.25, 0.3) is 5.91 Å². The Kier molecular flexibility index (Phi) is 6.78. The predicted octanol–water partition coefficient (Wildman–Crippen LogP) is 4.85. The summed E-state index contributed by atoms with van der Waals surface area (Å²) in [5, 5.41) is 7.98.